The largest absolute Gasteiger partial charge is 0.507 e. The topological polar surface area (TPSA) is 110 Å². The molecule has 3 aromatic carbocycles. The van der Waals surface area contributed by atoms with E-state index in [1.54, 1.807) is 48.5 Å². The third kappa shape index (κ3) is 4.10. The fourth-order valence-electron chi connectivity index (χ4n) is 3.70. The Labute approximate surface area is 197 Å². The number of amides is 1. The number of non-ortho nitro benzene ring substituents is 1. The predicted octanol–water partition coefficient (Wildman–Crippen LogP) is 4.99. The number of hydrogen-bond donors (Lipinski definition) is 1. The van der Waals surface area contributed by atoms with Crippen LogP contribution < -0.4 is 9.64 Å². The van der Waals surface area contributed by atoms with E-state index in [0.717, 1.165) is 4.47 Å². The number of benzene rings is 3. The highest BCUT2D eigenvalue weighted by atomic mass is 79.9. The molecule has 0 bridgehead atoms. The highest BCUT2D eigenvalue weighted by Crippen LogP contribution is 2.42. The van der Waals surface area contributed by atoms with Gasteiger partial charge >= 0.3 is 0 Å². The number of anilines is 1. The summed E-state index contributed by atoms with van der Waals surface area (Å²) in [6.07, 6.45) is 0. The maximum Gasteiger partial charge on any atom is 0.300 e. The van der Waals surface area contributed by atoms with Gasteiger partial charge in [-0.05, 0) is 54.1 Å². The van der Waals surface area contributed by atoms with Crippen LogP contribution in [0.2, 0.25) is 0 Å². The van der Waals surface area contributed by atoms with Crippen molar-refractivity contribution in [3.05, 3.63) is 104 Å². The first kappa shape index (κ1) is 22.2. The van der Waals surface area contributed by atoms with Crippen molar-refractivity contribution in [2.24, 2.45) is 0 Å². The van der Waals surface area contributed by atoms with E-state index in [9.17, 15) is 24.8 Å². The number of ether oxygens (including phenoxy) is 1. The van der Waals surface area contributed by atoms with Crippen molar-refractivity contribution in [2.75, 3.05) is 12.0 Å². The number of nitro benzene ring substituents is 1. The molecule has 4 rings (SSSR count). The van der Waals surface area contributed by atoms with Crippen LogP contribution in [0.25, 0.3) is 5.76 Å². The SMILES string of the molecule is COc1ccc(N2C(=O)C(=O)C(=C(O)c3ccc([N+](=O)[O-])cc3)[C@@H]2c2ccc(Br)cc2)cc1. The van der Waals surface area contributed by atoms with E-state index in [0.29, 0.717) is 17.0 Å². The van der Waals surface area contributed by atoms with Gasteiger partial charge in [-0.1, -0.05) is 28.1 Å². The molecule has 0 saturated carbocycles. The lowest BCUT2D eigenvalue weighted by atomic mass is 9.95. The Morgan fingerprint density at radius 3 is 2.15 bits per heavy atom. The van der Waals surface area contributed by atoms with Gasteiger partial charge in [0, 0.05) is 27.9 Å². The number of Topliss-reactive ketones (excluding diaryl/α,β-unsaturated/α-hetero) is 1. The summed E-state index contributed by atoms with van der Waals surface area (Å²) in [7, 11) is 1.52. The standard InChI is InChI=1S/C24H17BrN2O6/c1-33-19-12-10-17(11-13-19)26-21(14-2-6-16(25)7-3-14)20(23(29)24(26)30)22(28)15-4-8-18(9-5-15)27(31)32/h2-13,21,28H,1H3/t21-/m0/s1. The van der Waals surface area contributed by atoms with E-state index in [1.807, 2.05) is 0 Å². The zero-order valence-corrected chi connectivity index (χ0v) is 18.9. The van der Waals surface area contributed by atoms with Crippen LogP contribution in [0.5, 0.6) is 5.75 Å². The van der Waals surface area contributed by atoms with Crippen molar-refractivity contribution in [3.63, 3.8) is 0 Å². The Hall–Kier alpha value is -3.98. The molecule has 3 aromatic rings. The zero-order chi connectivity index (χ0) is 23.7. The van der Waals surface area contributed by atoms with Crippen molar-refractivity contribution >= 4 is 44.8 Å². The average Bonchev–Trinajstić information content (AvgIpc) is 3.09. The molecule has 33 heavy (non-hydrogen) atoms. The Bertz CT molecular complexity index is 1270. The molecule has 1 N–H and O–H groups in total. The highest BCUT2D eigenvalue weighted by molar-refractivity contribution is 9.10. The average molecular weight is 509 g/mol. The van der Waals surface area contributed by atoms with Gasteiger partial charge in [-0.15, -0.1) is 0 Å². The number of carbonyl (C=O) groups excluding carboxylic acids is 2. The summed E-state index contributed by atoms with van der Waals surface area (Å²) < 4.78 is 5.98. The van der Waals surface area contributed by atoms with Gasteiger partial charge in [-0.3, -0.25) is 24.6 Å². The number of carbonyl (C=O) groups is 2. The minimum absolute atomic E-state index is 0.105. The smallest absolute Gasteiger partial charge is 0.300 e. The van der Waals surface area contributed by atoms with Crippen molar-refractivity contribution in [3.8, 4) is 5.75 Å². The van der Waals surface area contributed by atoms with Crippen LogP contribution in [0.1, 0.15) is 17.2 Å². The molecule has 0 unspecified atom stereocenters. The molecule has 1 atom stereocenters. The lowest BCUT2D eigenvalue weighted by Gasteiger charge is -2.25. The maximum atomic E-state index is 13.1. The lowest BCUT2D eigenvalue weighted by Crippen LogP contribution is -2.29. The van der Waals surface area contributed by atoms with Crippen molar-refractivity contribution in [1.29, 1.82) is 0 Å². The minimum Gasteiger partial charge on any atom is -0.507 e. The molecule has 0 spiro atoms. The first-order valence-electron chi connectivity index (χ1n) is 9.77. The summed E-state index contributed by atoms with van der Waals surface area (Å²) in [4.78, 5) is 37.9. The van der Waals surface area contributed by atoms with E-state index in [-0.39, 0.29) is 16.8 Å². The number of rotatable bonds is 5. The van der Waals surface area contributed by atoms with Crippen LogP contribution in [-0.4, -0.2) is 28.8 Å². The predicted molar refractivity (Wildman–Crippen MR) is 125 cm³/mol. The summed E-state index contributed by atoms with van der Waals surface area (Å²) >= 11 is 3.38. The quantitative estimate of drug-likeness (QED) is 0.171. The molecular formula is C24H17BrN2O6. The molecule has 1 amide bonds. The van der Waals surface area contributed by atoms with Gasteiger partial charge in [0.15, 0.2) is 0 Å². The van der Waals surface area contributed by atoms with Gasteiger partial charge in [0.25, 0.3) is 17.4 Å². The zero-order valence-electron chi connectivity index (χ0n) is 17.3. The third-order valence-corrected chi connectivity index (χ3v) is 5.86. The number of halogens is 1. The Balaban J connectivity index is 1.89. The molecule has 0 aliphatic carbocycles. The van der Waals surface area contributed by atoms with Crippen molar-refractivity contribution in [1.82, 2.24) is 0 Å². The molecule has 1 fully saturated rings. The molecule has 9 heteroatoms. The first-order valence-corrected chi connectivity index (χ1v) is 10.6. The monoisotopic (exact) mass is 508 g/mol. The fraction of sp³-hybridized carbons (Fsp3) is 0.0833. The van der Waals surface area contributed by atoms with Crippen LogP contribution in [0.15, 0.2) is 82.8 Å². The number of aliphatic hydroxyl groups is 1. The summed E-state index contributed by atoms with van der Waals surface area (Å²) in [6, 6.07) is 17.9. The van der Waals surface area contributed by atoms with Crippen LogP contribution in [0.3, 0.4) is 0 Å². The molecule has 166 valence electrons. The number of hydrogen-bond acceptors (Lipinski definition) is 6. The maximum absolute atomic E-state index is 13.1. The van der Waals surface area contributed by atoms with E-state index in [1.165, 1.54) is 36.3 Å². The van der Waals surface area contributed by atoms with Gasteiger partial charge in [-0.25, -0.2) is 0 Å². The summed E-state index contributed by atoms with van der Waals surface area (Å²) in [6.45, 7) is 0. The molecule has 1 aliphatic rings. The Morgan fingerprint density at radius 2 is 1.61 bits per heavy atom. The fourth-order valence-corrected chi connectivity index (χ4v) is 3.96. The van der Waals surface area contributed by atoms with Gasteiger partial charge < -0.3 is 9.84 Å². The molecular weight excluding hydrogens is 492 g/mol. The number of ketones is 1. The number of methoxy groups -OCH3 is 1. The second kappa shape index (κ2) is 8.87. The second-order valence-electron chi connectivity index (χ2n) is 7.22. The molecule has 8 nitrogen and oxygen atoms in total. The number of nitro groups is 1. The van der Waals surface area contributed by atoms with E-state index >= 15 is 0 Å². The van der Waals surface area contributed by atoms with Gasteiger partial charge in [0.1, 0.15) is 11.5 Å². The summed E-state index contributed by atoms with van der Waals surface area (Å²) in [5.74, 6) is -1.47. The van der Waals surface area contributed by atoms with Crippen molar-refractivity contribution in [2.45, 2.75) is 6.04 Å². The van der Waals surface area contributed by atoms with E-state index < -0.39 is 28.4 Å². The highest BCUT2D eigenvalue weighted by Gasteiger charge is 2.47. The summed E-state index contributed by atoms with van der Waals surface area (Å²) in [5.41, 5.74) is 0.988. The van der Waals surface area contributed by atoms with E-state index in [4.69, 9.17) is 4.74 Å². The van der Waals surface area contributed by atoms with Crippen LogP contribution in [0, 0.1) is 10.1 Å². The van der Waals surface area contributed by atoms with Crippen LogP contribution in [0.4, 0.5) is 11.4 Å². The molecule has 1 saturated heterocycles. The van der Waals surface area contributed by atoms with Gasteiger partial charge in [0.2, 0.25) is 0 Å². The first-order chi connectivity index (χ1) is 15.8. The lowest BCUT2D eigenvalue weighted by molar-refractivity contribution is -0.384. The normalized spacial score (nSPS) is 17.3. The number of aliphatic hydroxyl groups excluding tert-OH is 1. The van der Waals surface area contributed by atoms with Crippen LogP contribution >= 0.6 is 15.9 Å². The molecule has 0 radical (unpaired) electrons. The molecule has 1 aliphatic heterocycles. The molecule has 1 heterocycles. The number of nitrogens with zero attached hydrogens (tertiary/aromatic N) is 2. The Morgan fingerprint density at radius 1 is 1.00 bits per heavy atom. The summed E-state index contributed by atoms with van der Waals surface area (Å²) in [5, 5.41) is 22.0. The van der Waals surface area contributed by atoms with Crippen molar-refractivity contribution < 1.29 is 24.4 Å². The molecule has 0 aromatic heterocycles. The third-order valence-electron chi connectivity index (χ3n) is 5.33. The van der Waals surface area contributed by atoms with Gasteiger partial charge in [-0.2, -0.15) is 0 Å². The Kier molecular flexibility index (Phi) is 5.97. The van der Waals surface area contributed by atoms with Crippen LogP contribution in [-0.2, 0) is 9.59 Å². The van der Waals surface area contributed by atoms with E-state index in [2.05, 4.69) is 15.9 Å². The second-order valence-corrected chi connectivity index (χ2v) is 8.14. The minimum atomic E-state index is -0.901. The van der Waals surface area contributed by atoms with Gasteiger partial charge in [0.05, 0.1) is 23.6 Å².